The van der Waals surface area contributed by atoms with E-state index in [4.69, 9.17) is 0 Å². The second kappa shape index (κ2) is 6.32. The molecule has 98 valence electrons. The maximum Gasteiger partial charge on any atom is 0.224 e. The number of amides is 1. The molecule has 1 saturated carbocycles. The van der Waals surface area contributed by atoms with Crippen molar-refractivity contribution >= 4 is 27.5 Å². The molecule has 1 aliphatic carbocycles. The van der Waals surface area contributed by atoms with Crippen LogP contribution in [0, 0.1) is 12.8 Å². The van der Waals surface area contributed by atoms with Gasteiger partial charge < -0.3 is 5.32 Å². The predicted octanol–water partition coefficient (Wildman–Crippen LogP) is 4.06. The zero-order chi connectivity index (χ0) is 13.0. The van der Waals surface area contributed by atoms with Crippen molar-refractivity contribution in [3.05, 3.63) is 22.4 Å². The van der Waals surface area contributed by atoms with Gasteiger partial charge in [-0.2, -0.15) is 0 Å². The van der Waals surface area contributed by atoms with Gasteiger partial charge in [0.05, 0.1) is 11.4 Å². The second-order valence-electron chi connectivity index (χ2n) is 5.00. The number of aryl methyl sites for hydroxylation is 1. The Balaban J connectivity index is 1.82. The van der Waals surface area contributed by atoms with Crippen LogP contribution in [0.4, 0.5) is 5.69 Å². The smallest absolute Gasteiger partial charge is 0.224 e. The first-order valence-electron chi connectivity index (χ1n) is 6.58. The highest BCUT2D eigenvalue weighted by Gasteiger charge is 2.16. The van der Waals surface area contributed by atoms with E-state index in [2.05, 4.69) is 26.2 Å². The summed E-state index contributed by atoms with van der Waals surface area (Å²) in [5.74, 6) is 0.869. The van der Waals surface area contributed by atoms with Crippen LogP contribution in [0.5, 0.6) is 0 Å². The lowest BCUT2D eigenvalue weighted by Gasteiger charge is -2.10. The van der Waals surface area contributed by atoms with E-state index in [0.717, 1.165) is 28.3 Å². The number of aromatic nitrogens is 1. The Morgan fingerprint density at radius 2 is 2.17 bits per heavy atom. The van der Waals surface area contributed by atoms with Gasteiger partial charge in [0, 0.05) is 6.42 Å². The number of hydrogen-bond donors (Lipinski definition) is 1. The molecule has 1 heterocycles. The van der Waals surface area contributed by atoms with Crippen LogP contribution < -0.4 is 5.32 Å². The van der Waals surface area contributed by atoms with Crippen molar-refractivity contribution in [3.63, 3.8) is 0 Å². The van der Waals surface area contributed by atoms with Crippen molar-refractivity contribution in [2.45, 2.75) is 45.4 Å². The van der Waals surface area contributed by atoms with E-state index in [1.165, 1.54) is 25.7 Å². The van der Waals surface area contributed by atoms with Crippen molar-refractivity contribution in [3.8, 4) is 0 Å². The van der Waals surface area contributed by atoms with Gasteiger partial charge in [-0.1, -0.05) is 25.7 Å². The lowest BCUT2D eigenvalue weighted by Crippen LogP contribution is -2.14. The number of rotatable bonds is 4. The molecule has 1 aliphatic rings. The summed E-state index contributed by atoms with van der Waals surface area (Å²) in [5, 5.41) is 2.94. The van der Waals surface area contributed by atoms with Crippen LogP contribution in [-0.4, -0.2) is 10.9 Å². The minimum absolute atomic E-state index is 0.106. The first kappa shape index (κ1) is 13.5. The number of carbonyl (C=O) groups excluding carboxylic acids is 1. The van der Waals surface area contributed by atoms with Gasteiger partial charge in [0.1, 0.15) is 4.60 Å². The predicted molar refractivity (Wildman–Crippen MR) is 76.5 cm³/mol. The molecular weight excluding hydrogens is 292 g/mol. The van der Waals surface area contributed by atoms with E-state index in [1.807, 2.05) is 19.1 Å². The molecule has 1 N–H and O–H groups in total. The quantitative estimate of drug-likeness (QED) is 0.852. The number of hydrogen-bond acceptors (Lipinski definition) is 2. The lowest BCUT2D eigenvalue weighted by molar-refractivity contribution is -0.116. The fraction of sp³-hybridized carbons (Fsp3) is 0.571. The maximum absolute atomic E-state index is 11.9. The van der Waals surface area contributed by atoms with Crippen LogP contribution in [-0.2, 0) is 4.79 Å². The summed E-state index contributed by atoms with van der Waals surface area (Å²) in [5.41, 5.74) is 1.66. The molecule has 4 heteroatoms. The SMILES string of the molecule is Cc1nc(Br)ccc1NC(=O)CCC1CCCC1. The summed E-state index contributed by atoms with van der Waals surface area (Å²) in [6.07, 6.45) is 6.91. The maximum atomic E-state index is 11.9. The standard InChI is InChI=1S/C14H19BrN2O/c1-10-12(7-8-13(15)16-10)17-14(18)9-6-11-4-2-3-5-11/h7-8,11H,2-6,9H2,1H3,(H,17,18). The molecular formula is C14H19BrN2O. The van der Waals surface area contributed by atoms with Crippen molar-refractivity contribution in [1.82, 2.24) is 4.98 Å². The normalized spacial score (nSPS) is 15.9. The molecule has 0 aromatic carbocycles. The summed E-state index contributed by atoms with van der Waals surface area (Å²) >= 11 is 3.31. The van der Waals surface area contributed by atoms with Gasteiger partial charge in [-0.05, 0) is 47.3 Å². The minimum Gasteiger partial charge on any atom is -0.325 e. The van der Waals surface area contributed by atoms with Crippen molar-refractivity contribution in [2.24, 2.45) is 5.92 Å². The van der Waals surface area contributed by atoms with Crippen LogP contribution >= 0.6 is 15.9 Å². The summed E-state index contributed by atoms with van der Waals surface area (Å²) in [7, 11) is 0. The fourth-order valence-electron chi connectivity index (χ4n) is 2.51. The molecule has 1 amide bonds. The summed E-state index contributed by atoms with van der Waals surface area (Å²) < 4.78 is 0.795. The Morgan fingerprint density at radius 3 is 2.83 bits per heavy atom. The molecule has 0 radical (unpaired) electrons. The van der Waals surface area contributed by atoms with E-state index >= 15 is 0 Å². The van der Waals surface area contributed by atoms with Gasteiger partial charge in [-0.3, -0.25) is 4.79 Å². The molecule has 1 aromatic rings. The van der Waals surface area contributed by atoms with Crippen LogP contribution in [0.25, 0.3) is 0 Å². The van der Waals surface area contributed by atoms with E-state index < -0.39 is 0 Å². The van der Waals surface area contributed by atoms with Gasteiger partial charge in [0.25, 0.3) is 0 Å². The number of anilines is 1. The average molecular weight is 311 g/mol. The fourth-order valence-corrected chi connectivity index (χ4v) is 2.91. The van der Waals surface area contributed by atoms with Crippen molar-refractivity contribution < 1.29 is 4.79 Å². The van der Waals surface area contributed by atoms with Gasteiger partial charge >= 0.3 is 0 Å². The molecule has 3 nitrogen and oxygen atoms in total. The second-order valence-corrected chi connectivity index (χ2v) is 5.82. The third-order valence-corrected chi connectivity index (χ3v) is 4.02. The third-order valence-electron chi connectivity index (χ3n) is 3.58. The molecule has 0 atom stereocenters. The number of nitrogens with one attached hydrogen (secondary N) is 1. The molecule has 1 fully saturated rings. The number of pyridine rings is 1. The first-order chi connectivity index (χ1) is 8.65. The molecule has 2 rings (SSSR count). The largest absolute Gasteiger partial charge is 0.325 e. The highest BCUT2D eigenvalue weighted by Crippen LogP contribution is 2.28. The summed E-state index contributed by atoms with van der Waals surface area (Å²) in [6.45, 7) is 1.90. The lowest BCUT2D eigenvalue weighted by atomic mass is 10.0. The summed E-state index contributed by atoms with van der Waals surface area (Å²) in [6, 6.07) is 3.74. The molecule has 0 bridgehead atoms. The van der Waals surface area contributed by atoms with Crippen LogP contribution in [0.15, 0.2) is 16.7 Å². The number of nitrogens with zero attached hydrogens (tertiary/aromatic N) is 1. The van der Waals surface area contributed by atoms with E-state index in [1.54, 1.807) is 0 Å². The Kier molecular flexibility index (Phi) is 4.75. The van der Waals surface area contributed by atoms with Gasteiger partial charge in [-0.15, -0.1) is 0 Å². The Bertz CT molecular complexity index is 428. The molecule has 18 heavy (non-hydrogen) atoms. The number of halogens is 1. The van der Waals surface area contributed by atoms with Crippen molar-refractivity contribution in [1.29, 1.82) is 0 Å². The molecule has 0 saturated heterocycles. The van der Waals surface area contributed by atoms with E-state index in [9.17, 15) is 4.79 Å². The highest BCUT2D eigenvalue weighted by molar-refractivity contribution is 9.10. The Labute approximate surface area is 117 Å². The Morgan fingerprint density at radius 1 is 1.44 bits per heavy atom. The van der Waals surface area contributed by atoms with E-state index in [0.29, 0.717) is 6.42 Å². The van der Waals surface area contributed by atoms with Crippen LogP contribution in [0.1, 0.15) is 44.2 Å². The van der Waals surface area contributed by atoms with Gasteiger partial charge in [-0.25, -0.2) is 4.98 Å². The number of carbonyl (C=O) groups is 1. The third kappa shape index (κ3) is 3.80. The molecule has 0 spiro atoms. The van der Waals surface area contributed by atoms with Crippen LogP contribution in [0.3, 0.4) is 0 Å². The minimum atomic E-state index is 0.106. The van der Waals surface area contributed by atoms with Gasteiger partial charge in [0.2, 0.25) is 5.91 Å². The molecule has 0 aliphatic heterocycles. The zero-order valence-electron chi connectivity index (χ0n) is 10.7. The first-order valence-corrected chi connectivity index (χ1v) is 7.37. The zero-order valence-corrected chi connectivity index (χ0v) is 12.3. The molecule has 1 aromatic heterocycles. The highest BCUT2D eigenvalue weighted by atomic mass is 79.9. The van der Waals surface area contributed by atoms with E-state index in [-0.39, 0.29) is 5.91 Å². The average Bonchev–Trinajstić information content (AvgIpc) is 2.83. The monoisotopic (exact) mass is 310 g/mol. The molecule has 0 unspecified atom stereocenters. The van der Waals surface area contributed by atoms with Gasteiger partial charge in [0.15, 0.2) is 0 Å². The van der Waals surface area contributed by atoms with Crippen molar-refractivity contribution in [2.75, 3.05) is 5.32 Å². The van der Waals surface area contributed by atoms with Crippen LogP contribution in [0.2, 0.25) is 0 Å². The topological polar surface area (TPSA) is 42.0 Å². The summed E-state index contributed by atoms with van der Waals surface area (Å²) in [4.78, 5) is 16.1. The Hall–Kier alpha value is -0.900.